The van der Waals surface area contributed by atoms with E-state index in [1.54, 1.807) is 18.3 Å². The number of rotatable bonds is 2. The van der Waals surface area contributed by atoms with E-state index in [9.17, 15) is 4.79 Å². The third-order valence-electron chi connectivity index (χ3n) is 3.43. The summed E-state index contributed by atoms with van der Waals surface area (Å²) in [5, 5.41) is 9.04. The van der Waals surface area contributed by atoms with Crippen molar-refractivity contribution in [3.05, 3.63) is 36.0 Å². The van der Waals surface area contributed by atoms with Gasteiger partial charge in [-0.2, -0.15) is 0 Å². The molecule has 0 radical (unpaired) electrons. The molecule has 4 rings (SSSR count). The van der Waals surface area contributed by atoms with Crippen molar-refractivity contribution in [1.29, 1.82) is 0 Å². The van der Waals surface area contributed by atoms with Crippen LogP contribution in [0.1, 0.15) is 6.92 Å². The molecule has 0 fully saturated rings. The lowest BCUT2D eigenvalue weighted by atomic mass is 10.2. The summed E-state index contributed by atoms with van der Waals surface area (Å²) in [6.45, 7) is 1.72. The first kappa shape index (κ1) is 13.0. The van der Waals surface area contributed by atoms with Gasteiger partial charge in [0, 0.05) is 5.69 Å². The Morgan fingerprint density at radius 1 is 1.32 bits per heavy atom. The molecule has 1 amide bonds. The highest BCUT2D eigenvalue weighted by Gasteiger charge is 2.23. The zero-order valence-corrected chi connectivity index (χ0v) is 12.5. The number of nitrogens with one attached hydrogen (secondary N) is 2. The fourth-order valence-electron chi connectivity index (χ4n) is 2.31. The summed E-state index contributed by atoms with van der Waals surface area (Å²) in [4.78, 5) is 21.1. The SMILES string of the molecule is C[C@@H]1Oc2ccc(Nc3ncnc4sccc34)cc2NC1=O. The van der Waals surface area contributed by atoms with Gasteiger partial charge < -0.3 is 15.4 Å². The Bertz CT molecular complexity index is 877. The summed E-state index contributed by atoms with van der Waals surface area (Å²) in [6.07, 6.45) is 1.06. The molecule has 0 spiro atoms. The monoisotopic (exact) mass is 312 g/mol. The average molecular weight is 312 g/mol. The van der Waals surface area contributed by atoms with Crippen molar-refractivity contribution in [3.63, 3.8) is 0 Å². The molecule has 7 heteroatoms. The number of carbonyl (C=O) groups is 1. The molecule has 0 bridgehead atoms. The molecule has 0 unspecified atom stereocenters. The summed E-state index contributed by atoms with van der Waals surface area (Å²) < 4.78 is 5.54. The molecule has 6 nitrogen and oxygen atoms in total. The lowest BCUT2D eigenvalue weighted by Crippen LogP contribution is -2.34. The highest BCUT2D eigenvalue weighted by molar-refractivity contribution is 7.16. The van der Waals surface area contributed by atoms with Crippen LogP contribution in [0.5, 0.6) is 5.75 Å². The summed E-state index contributed by atoms with van der Waals surface area (Å²) in [7, 11) is 0. The standard InChI is InChI=1S/C15H12N4O2S/c1-8-14(20)19-11-6-9(2-3-12(11)21-8)18-13-10-4-5-22-15(10)17-7-16-13/h2-8H,1H3,(H,19,20)(H,16,17,18)/t8-/m0/s1. The van der Waals surface area contributed by atoms with E-state index in [2.05, 4.69) is 20.6 Å². The van der Waals surface area contributed by atoms with E-state index in [0.29, 0.717) is 11.4 Å². The number of aromatic nitrogens is 2. The van der Waals surface area contributed by atoms with Gasteiger partial charge in [0.15, 0.2) is 6.10 Å². The van der Waals surface area contributed by atoms with Gasteiger partial charge in [0.05, 0.1) is 11.1 Å². The maximum absolute atomic E-state index is 11.7. The van der Waals surface area contributed by atoms with Gasteiger partial charge in [-0.05, 0) is 36.6 Å². The van der Waals surface area contributed by atoms with Gasteiger partial charge in [-0.3, -0.25) is 4.79 Å². The Balaban J connectivity index is 1.68. The number of benzene rings is 1. The van der Waals surface area contributed by atoms with Gasteiger partial charge in [-0.15, -0.1) is 11.3 Å². The van der Waals surface area contributed by atoms with Crippen LogP contribution in [0.25, 0.3) is 10.2 Å². The molecule has 0 aliphatic carbocycles. The van der Waals surface area contributed by atoms with Gasteiger partial charge in [-0.25, -0.2) is 9.97 Å². The highest BCUT2D eigenvalue weighted by Crippen LogP contribution is 2.34. The molecule has 1 aliphatic rings. The van der Waals surface area contributed by atoms with E-state index in [1.165, 1.54) is 6.33 Å². The van der Waals surface area contributed by atoms with E-state index in [4.69, 9.17) is 4.74 Å². The predicted octanol–water partition coefficient (Wildman–Crippen LogP) is 3.15. The van der Waals surface area contributed by atoms with Gasteiger partial charge in [0.25, 0.3) is 5.91 Å². The quantitative estimate of drug-likeness (QED) is 0.760. The number of hydrogen-bond acceptors (Lipinski definition) is 6. The lowest BCUT2D eigenvalue weighted by Gasteiger charge is -2.23. The Morgan fingerprint density at radius 2 is 2.23 bits per heavy atom. The minimum absolute atomic E-state index is 0.146. The number of hydrogen-bond donors (Lipinski definition) is 2. The second-order valence-corrected chi connectivity index (χ2v) is 5.84. The summed E-state index contributed by atoms with van der Waals surface area (Å²) in [5.74, 6) is 1.26. The minimum Gasteiger partial charge on any atom is -0.479 e. The first-order chi connectivity index (χ1) is 10.7. The Hall–Kier alpha value is -2.67. The molecule has 2 N–H and O–H groups in total. The minimum atomic E-state index is -0.474. The average Bonchev–Trinajstić information content (AvgIpc) is 2.98. The maximum Gasteiger partial charge on any atom is 0.265 e. The van der Waals surface area contributed by atoms with Crippen LogP contribution in [-0.4, -0.2) is 22.0 Å². The molecular formula is C15H12N4O2S. The molecule has 1 aromatic carbocycles. The van der Waals surface area contributed by atoms with Crippen molar-refractivity contribution in [2.75, 3.05) is 10.6 Å². The third-order valence-corrected chi connectivity index (χ3v) is 4.26. The van der Waals surface area contributed by atoms with Crippen LogP contribution in [0, 0.1) is 0 Å². The number of thiophene rings is 1. The fraction of sp³-hybridized carbons (Fsp3) is 0.133. The largest absolute Gasteiger partial charge is 0.479 e. The van der Waals surface area contributed by atoms with Gasteiger partial charge in [-0.1, -0.05) is 0 Å². The number of carbonyl (C=O) groups excluding carboxylic acids is 1. The molecule has 1 atom stereocenters. The van der Waals surface area contributed by atoms with Crippen molar-refractivity contribution in [2.24, 2.45) is 0 Å². The Morgan fingerprint density at radius 3 is 3.14 bits per heavy atom. The molecule has 3 heterocycles. The van der Waals surface area contributed by atoms with Crippen molar-refractivity contribution in [1.82, 2.24) is 9.97 Å². The van der Waals surface area contributed by atoms with E-state index in [1.807, 2.05) is 29.6 Å². The second-order valence-electron chi connectivity index (χ2n) is 4.95. The molecule has 22 heavy (non-hydrogen) atoms. The van der Waals surface area contributed by atoms with E-state index in [0.717, 1.165) is 21.7 Å². The summed E-state index contributed by atoms with van der Waals surface area (Å²) >= 11 is 1.57. The van der Waals surface area contributed by atoms with E-state index < -0.39 is 6.10 Å². The number of anilines is 3. The van der Waals surface area contributed by atoms with Crippen LogP contribution in [0.4, 0.5) is 17.2 Å². The number of amides is 1. The number of ether oxygens (including phenoxy) is 1. The molecule has 2 aromatic heterocycles. The normalized spacial score (nSPS) is 16.8. The zero-order chi connectivity index (χ0) is 15.1. The van der Waals surface area contributed by atoms with E-state index >= 15 is 0 Å². The van der Waals surface area contributed by atoms with Gasteiger partial charge in [0.1, 0.15) is 22.7 Å². The Kier molecular flexibility index (Phi) is 2.93. The lowest BCUT2D eigenvalue weighted by molar-refractivity contribution is -0.122. The molecule has 110 valence electrons. The second kappa shape index (κ2) is 4.96. The first-order valence-corrected chi connectivity index (χ1v) is 7.65. The van der Waals surface area contributed by atoms with Crippen LogP contribution in [0.3, 0.4) is 0 Å². The topological polar surface area (TPSA) is 76.1 Å². The molecule has 3 aromatic rings. The van der Waals surface area contributed by atoms with Crippen molar-refractivity contribution < 1.29 is 9.53 Å². The van der Waals surface area contributed by atoms with Crippen molar-refractivity contribution in [3.8, 4) is 5.75 Å². The molecule has 1 aliphatic heterocycles. The van der Waals surface area contributed by atoms with Crippen LogP contribution in [-0.2, 0) is 4.79 Å². The fourth-order valence-corrected chi connectivity index (χ4v) is 3.05. The number of fused-ring (bicyclic) bond motifs is 2. The smallest absolute Gasteiger partial charge is 0.265 e. The first-order valence-electron chi connectivity index (χ1n) is 6.77. The van der Waals surface area contributed by atoms with Gasteiger partial charge >= 0.3 is 0 Å². The van der Waals surface area contributed by atoms with Crippen LogP contribution >= 0.6 is 11.3 Å². The van der Waals surface area contributed by atoms with Gasteiger partial charge in [0.2, 0.25) is 0 Å². The molecule has 0 saturated carbocycles. The maximum atomic E-state index is 11.7. The highest BCUT2D eigenvalue weighted by atomic mass is 32.1. The predicted molar refractivity (Wildman–Crippen MR) is 85.9 cm³/mol. The molecular weight excluding hydrogens is 300 g/mol. The number of nitrogens with zero attached hydrogens (tertiary/aromatic N) is 2. The zero-order valence-electron chi connectivity index (χ0n) is 11.7. The van der Waals surface area contributed by atoms with Crippen LogP contribution < -0.4 is 15.4 Å². The van der Waals surface area contributed by atoms with Crippen molar-refractivity contribution >= 4 is 44.7 Å². The third kappa shape index (κ3) is 2.15. The Labute approximate surface area is 130 Å². The van der Waals surface area contributed by atoms with Crippen LogP contribution in [0.15, 0.2) is 36.0 Å². The molecule has 0 saturated heterocycles. The summed E-state index contributed by atoms with van der Waals surface area (Å²) in [6, 6.07) is 7.54. The summed E-state index contributed by atoms with van der Waals surface area (Å²) in [5.41, 5.74) is 1.48. The van der Waals surface area contributed by atoms with E-state index in [-0.39, 0.29) is 5.91 Å². The van der Waals surface area contributed by atoms with Crippen molar-refractivity contribution in [2.45, 2.75) is 13.0 Å². The van der Waals surface area contributed by atoms with Crippen LogP contribution in [0.2, 0.25) is 0 Å².